The third kappa shape index (κ3) is 2.71. The van der Waals surface area contributed by atoms with Crippen LogP contribution in [0.25, 0.3) is 5.65 Å². The Morgan fingerprint density at radius 1 is 1.17 bits per heavy atom. The van der Waals surface area contributed by atoms with Crippen LogP contribution in [0.4, 0.5) is 5.82 Å². The molecule has 0 bridgehead atoms. The molecule has 7 nitrogen and oxygen atoms in total. The van der Waals surface area contributed by atoms with Gasteiger partial charge in [0.25, 0.3) is 0 Å². The summed E-state index contributed by atoms with van der Waals surface area (Å²) in [7, 11) is 0. The van der Waals surface area contributed by atoms with Gasteiger partial charge in [-0.05, 0) is 24.5 Å². The van der Waals surface area contributed by atoms with Gasteiger partial charge in [-0.25, -0.2) is 9.50 Å². The highest BCUT2D eigenvalue weighted by Crippen LogP contribution is 2.20. The second kappa shape index (κ2) is 6.40. The molecule has 0 spiro atoms. The molecule has 0 fully saturated rings. The molecule has 1 N–H and O–H groups in total. The molecule has 23 heavy (non-hydrogen) atoms. The Hall–Kier alpha value is -3.01. The van der Waals surface area contributed by atoms with Gasteiger partial charge in [0.15, 0.2) is 11.5 Å². The van der Waals surface area contributed by atoms with E-state index in [2.05, 4.69) is 31.7 Å². The molecule has 116 valence electrons. The maximum atomic E-state index is 9.50. The van der Waals surface area contributed by atoms with Crippen molar-refractivity contribution in [3.63, 3.8) is 0 Å². The predicted octanol–water partition coefficient (Wildman–Crippen LogP) is 2.13. The van der Waals surface area contributed by atoms with Gasteiger partial charge < -0.3 is 5.32 Å². The molecule has 3 heterocycles. The normalized spacial score (nSPS) is 10.7. The van der Waals surface area contributed by atoms with E-state index in [1.165, 1.54) is 0 Å². The largest absolute Gasteiger partial charge is 0.362 e. The van der Waals surface area contributed by atoms with E-state index < -0.39 is 0 Å². The molecule has 0 aliphatic rings. The Kier molecular flexibility index (Phi) is 4.15. The fourth-order valence-corrected chi connectivity index (χ4v) is 2.61. The van der Waals surface area contributed by atoms with Crippen molar-refractivity contribution >= 4 is 11.5 Å². The van der Waals surface area contributed by atoms with Crippen molar-refractivity contribution in [3.05, 3.63) is 47.0 Å². The molecule has 0 aliphatic heterocycles. The Morgan fingerprint density at radius 3 is 2.78 bits per heavy atom. The minimum absolute atomic E-state index is 0.485. The van der Waals surface area contributed by atoms with Crippen molar-refractivity contribution < 1.29 is 0 Å². The van der Waals surface area contributed by atoms with E-state index in [9.17, 15) is 5.26 Å². The SMILES string of the molecule is CCc1nnc(NCc2ccnc3ccnn23)c(C#N)c1CC. The number of fused-ring (bicyclic) bond motifs is 1. The van der Waals surface area contributed by atoms with Gasteiger partial charge in [0.05, 0.1) is 24.1 Å². The third-order valence-electron chi connectivity index (χ3n) is 3.76. The van der Waals surface area contributed by atoms with Crippen molar-refractivity contribution in [1.82, 2.24) is 24.8 Å². The maximum absolute atomic E-state index is 9.50. The van der Waals surface area contributed by atoms with Crippen LogP contribution in [0, 0.1) is 11.3 Å². The van der Waals surface area contributed by atoms with Crippen LogP contribution >= 0.6 is 0 Å². The maximum Gasteiger partial charge on any atom is 0.167 e. The summed E-state index contributed by atoms with van der Waals surface area (Å²) in [5, 5.41) is 25.4. The van der Waals surface area contributed by atoms with Crippen LogP contribution in [0.15, 0.2) is 24.5 Å². The van der Waals surface area contributed by atoms with E-state index in [-0.39, 0.29) is 0 Å². The zero-order valence-corrected chi connectivity index (χ0v) is 13.1. The molecule has 0 amide bonds. The van der Waals surface area contributed by atoms with E-state index in [4.69, 9.17) is 0 Å². The minimum Gasteiger partial charge on any atom is -0.362 e. The fourth-order valence-electron chi connectivity index (χ4n) is 2.61. The summed E-state index contributed by atoms with van der Waals surface area (Å²) in [6.07, 6.45) is 4.97. The van der Waals surface area contributed by atoms with Crippen LogP contribution in [-0.4, -0.2) is 24.8 Å². The number of anilines is 1. The first-order chi connectivity index (χ1) is 11.3. The summed E-state index contributed by atoms with van der Waals surface area (Å²) in [6, 6.07) is 5.98. The quantitative estimate of drug-likeness (QED) is 0.776. The van der Waals surface area contributed by atoms with Gasteiger partial charge in [-0.15, -0.1) is 5.10 Å². The van der Waals surface area contributed by atoms with Crippen molar-refractivity contribution in [2.75, 3.05) is 5.32 Å². The first kappa shape index (κ1) is 14.9. The molecule has 0 radical (unpaired) electrons. The molecular formula is C16H17N7. The number of nitrogens with one attached hydrogen (secondary N) is 1. The Morgan fingerprint density at radius 2 is 2.04 bits per heavy atom. The number of nitriles is 1. The Balaban J connectivity index is 1.92. The molecule has 7 heteroatoms. The lowest BCUT2D eigenvalue weighted by atomic mass is 10.0. The number of nitrogens with zero attached hydrogens (tertiary/aromatic N) is 6. The highest BCUT2D eigenvalue weighted by Gasteiger charge is 2.14. The number of aryl methyl sites for hydroxylation is 1. The Bertz CT molecular complexity index is 876. The predicted molar refractivity (Wildman–Crippen MR) is 85.8 cm³/mol. The topological polar surface area (TPSA) is 91.8 Å². The van der Waals surface area contributed by atoms with E-state index >= 15 is 0 Å². The van der Waals surface area contributed by atoms with Gasteiger partial charge in [-0.2, -0.15) is 15.5 Å². The lowest BCUT2D eigenvalue weighted by molar-refractivity contribution is 0.836. The average molecular weight is 307 g/mol. The smallest absolute Gasteiger partial charge is 0.167 e. The molecule has 0 unspecified atom stereocenters. The van der Waals surface area contributed by atoms with Gasteiger partial charge in [-0.3, -0.25) is 0 Å². The zero-order valence-electron chi connectivity index (χ0n) is 13.1. The summed E-state index contributed by atoms with van der Waals surface area (Å²) in [5.74, 6) is 0.513. The van der Waals surface area contributed by atoms with Crippen LogP contribution < -0.4 is 5.32 Å². The Labute approximate surface area is 134 Å². The number of hydrogen-bond donors (Lipinski definition) is 1. The third-order valence-corrected chi connectivity index (χ3v) is 3.76. The molecule has 0 atom stereocenters. The second-order valence-electron chi connectivity index (χ2n) is 5.06. The highest BCUT2D eigenvalue weighted by molar-refractivity contribution is 5.56. The van der Waals surface area contributed by atoms with Crippen molar-refractivity contribution in [3.8, 4) is 6.07 Å². The van der Waals surface area contributed by atoms with Crippen molar-refractivity contribution in [2.24, 2.45) is 0 Å². The van der Waals surface area contributed by atoms with E-state index in [0.29, 0.717) is 17.9 Å². The van der Waals surface area contributed by atoms with Gasteiger partial charge >= 0.3 is 0 Å². The number of aromatic nitrogens is 5. The monoisotopic (exact) mass is 307 g/mol. The van der Waals surface area contributed by atoms with Crippen LogP contribution in [0.2, 0.25) is 0 Å². The molecule has 3 aromatic rings. The molecular weight excluding hydrogens is 290 g/mol. The number of rotatable bonds is 5. The standard InChI is InChI=1S/C16H17N7/c1-3-12-13(9-17)16(22-21-14(12)4-2)19-10-11-5-7-18-15-6-8-20-23(11)15/h5-8H,3-4,10H2,1-2H3,(H,19,22). The first-order valence-corrected chi connectivity index (χ1v) is 7.58. The minimum atomic E-state index is 0.485. The zero-order chi connectivity index (χ0) is 16.2. The van der Waals surface area contributed by atoms with Crippen molar-refractivity contribution in [2.45, 2.75) is 33.2 Å². The fraction of sp³-hybridized carbons (Fsp3) is 0.312. The highest BCUT2D eigenvalue weighted by atomic mass is 15.3. The van der Waals surface area contributed by atoms with Crippen molar-refractivity contribution in [1.29, 1.82) is 5.26 Å². The van der Waals surface area contributed by atoms with Crippen LogP contribution in [0.1, 0.15) is 36.4 Å². The molecule has 0 aliphatic carbocycles. The van der Waals surface area contributed by atoms with Gasteiger partial charge in [0, 0.05) is 12.3 Å². The van der Waals surface area contributed by atoms with E-state index in [1.54, 1.807) is 16.9 Å². The lowest BCUT2D eigenvalue weighted by Gasteiger charge is -2.12. The van der Waals surface area contributed by atoms with Crippen LogP contribution in [0.5, 0.6) is 0 Å². The van der Waals surface area contributed by atoms with Crippen LogP contribution in [0.3, 0.4) is 0 Å². The van der Waals surface area contributed by atoms with Gasteiger partial charge in [0.1, 0.15) is 11.6 Å². The van der Waals surface area contributed by atoms with E-state index in [0.717, 1.165) is 35.4 Å². The summed E-state index contributed by atoms with van der Waals surface area (Å²) in [6.45, 7) is 4.53. The summed E-state index contributed by atoms with van der Waals surface area (Å²) >= 11 is 0. The van der Waals surface area contributed by atoms with E-state index in [1.807, 2.05) is 26.0 Å². The molecule has 0 saturated heterocycles. The molecule has 0 saturated carbocycles. The summed E-state index contributed by atoms with van der Waals surface area (Å²) < 4.78 is 1.76. The second-order valence-corrected chi connectivity index (χ2v) is 5.06. The van der Waals surface area contributed by atoms with Crippen LogP contribution in [-0.2, 0) is 19.4 Å². The summed E-state index contributed by atoms with van der Waals surface area (Å²) in [5.41, 5.74) is 4.14. The molecule has 3 aromatic heterocycles. The molecule has 3 rings (SSSR count). The first-order valence-electron chi connectivity index (χ1n) is 7.58. The van der Waals surface area contributed by atoms with Gasteiger partial charge in [0.2, 0.25) is 0 Å². The average Bonchev–Trinajstić information content (AvgIpc) is 3.08. The lowest BCUT2D eigenvalue weighted by Crippen LogP contribution is -2.12. The molecule has 0 aromatic carbocycles. The number of hydrogen-bond acceptors (Lipinski definition) is 6. The summed E-state index contributed by atoms with van der Waals surface area (Å²) in [4.78, 5) is 4.23. The van der Waals surface area contributed by atoms with Gasteiger partial charge in [-0.1, -0.05) is 13.8 Å².